The third-order valence-electron chi connectivity index (χ3n) is 5.88. The van der Waals surface area contributed by atoms with Crippen LogP contribution in [0.25, 0.3) is 0 Å². The number of rotatable bonds is 14. The van der Waals surface area contributed by atoms with Crippen LogP contribution in [0.3, 0.4) is 0 Å². The second-order valence-electron chi connectivity index (χ2n) is 8.66. The van der Waals surface area contributed by atoms with Crippen molar-refractivity contribution in [3.8, 4) is 11.5 Å². The van der Waals surface area contributed by atoms with Gasteiger partial charge in [0.2, 0.25) is 18.6 Å². The van der Waals surface area contributed by atoms with Gasteiger partial charge in [0.25, 0.3) is 0 Å². The first-order chi connectivity index (χ1) is 18.1. The lowest BCUT2D eigenvalue weighted by Crippen LogP contribution is -2.44. The molecular weight excluding hydrogens is 492 g/mol. The summed E-state index contributed by atoms with van der Waals surface area (Å²) in [7, 11) is 1.62. The van der Waals surface area contributed by atoms with Crippen molar-refractivity contribution in [2.24, 2.45) is 0 Å². The molecule has 196 valence electrons. The summed E-state index contributed by atoms with van der Waals surface area (Å²) in [6, 6.07) is 19.3. The van der Waals surface area contributed by atoms with Gasteiger partial charge >= 0.3 is 0 Å². The van der Waals surface area contributed by atoms with Crippen LogP contribution in [0.2, 0.25) is 0 Å². The highest BCUT2D eigenvalue weighted by Gasteiger charge is 2.23. The second kappa shape index (κ2) is 13.8. The standard InChI is InChI=1S/C28H32N2O6S/c1-33-13-6-12-29(28(32)20-34-19-22-7-3-2-4-8-22)18-27(31)30(17-24-9-5-14-37-24)16-23-10-11-25-26(15-23)36-21-35-25/h2-5,7-11,14-15H,6,12-13,16-21H2,1H3. The molecular formula is C28H32N2O6S. The van der Waals surface area contributed by atoms with Crippen LogP contribution < -0.4 is 9.47 Å². The summed E-state index contributed by atoms with van der Waals surface area (Å²) in [6.07, 6.45) is 0.626. The molecule has 1 aliphatic heterocycles. The largest absolute Gasteiger partial charge is 0.454 e. The summed E-state index contributed by atoms with van der Waals surface area (Å²) in [5.74, 6) is 1.01. The van der Waals surface area contributed by atoms with Crippen molar-refractivity contribution < 1.29 is 28.5 Å². The third-order valence-corrected chi connectivity index (χ3v) is 6.74. The first-order valence-electron chi connectivity index (χ1n) is 12.2. The number of carbonyl (C=O) groups is 2. The van der Waals surface area contributed by atoms with Gasteiger partial charge in [-0.15, -0.1) is 11.3 Å². The average molecular weight is 525 g/mol. The molecule has 0 spiro atoms. The zero-order valence-electron chi connectivity index (χ0n) is 21.0. The Hall–Kier alpha value is -3.40. The first-order valence-corrected chi connectivity index (χ1v) is 13.1. The molecule has 2 aromatic carbocycles. The molecule has 0 radical (unpaired) electrons. The number of carbonyl (C=O) groups excluding carboxylic acids is 2. The van der Waals surface area contributed by atoms with E-state index in [4.69, 9.17) is 18.9 Å². The molecule has 1 aromatic heterocycles. The highest BCUT2D eigenvalue weighted by Crippen LogP contribution is 2.33. The molecule has 0 fully saturated rings. The molecule has 1 aliphatic rings. The Labute approximate surface area is 221 Å². The summed E-state index contributed by atoms with van der Waals surface area (Å²) in [5, 5.41) is 1.99. The van der Waals surface area contributed by atoms with Crippen molar-refractivity contribution >= 4 is 23.2 Å². The van der Waals surface area contributed by atoms with Crippen molar-refractivity contribution in [3.63, 3.8) is 0 Å². The molecule has 0 aliphatic carbocycles. The van der Waals surface area contributed by atoms with Crippen molar-refractivity contribution in [1.82, 2.24) is 9.80 Å². The van der Waals surface area contributed by atoms with Crippen molar-refractivity contribution in [2.75, 3.05) is 40.2 Å². The zero-order chi connectivity index (χ0) is 25.9. The lowest BCUT2D eigenvalue weighted by molar-refractivity contribution is -0.144. The van der Waals surface area contributed by atoms with E-state index in [1.165, 1.54) is 0 Å². The fraction of sp³-hybridized carbons (Fsp3) is 0.357. The van der Waals surface area contributed by atoms with Gasteiger partial charge in [0.05, 0.1) is 19.7 Å². The van der Waals surface area contributed by atoms with Gasteiger partial charge in [-0.1, -0.05) is 42.5 Å². The molecule has 4 rings (SSSR count). The van der Waals surface area contributed by atoms with E-state index in [0.29, 0.717) is 50.8 Å². The van der Waals surface area contributed by atoms with E-state index in [-0.39, 0.29) is 31.8 Å². The Morgan fingerprint density at radius 2 is 1.76 bits per heavy atom. The van der Waals surface area contributed by atoms with E-state index in [2.05, 4.69) is 0 Å². The number of nitrogens with zero attached hydrogens (tertiary/aromatic N) is 2. The van der Waals surface area contributed by atoms with Crippen LogP contribution >= 0.6 is 11.3 Å². The van der Waals surface area contributed by atoms with Crippen LogP contribution in [-0.2, 0) is 38.8 Å². The first kappa shape index (κ1) is 26.7. The molecule has 0 bridgehead atoms. The maximum atomic E-state index is 13.6. The number of amides is 2. The monoisotopic (exact) mass is 524 g/mol. The van der Waals surface area contributed by atoms with Gasteiger partial charge in [-0.05, 0) is 41.1 Å². The maximum absolute atomic E-state index is 13.6. The second-order valence-corrected chi connectivity index (χ2v) is 9.69. The topological polar surface area (TPSA) is 77.5 Å². The van der Waals surface area contributed by atoms with Crippen molar-refractivity contribution in [1.29, 1.82) is 0 Å². The minimum Gasteiger partial charge on any atom is -0.454 e. The summed E-state index contributed by atoms with van der Waals surface area (Å²) < 4.78 is 21.7. The number of hydrogen-bond donors (Lipinski definition) is 0. The van der Waals surface area contributed by atoms with Crippen LogP contribution in [0.4, 0.5) is 0 Å². The summed E-state index contributed by atoms with van der Waals surface area (Å²) >= 11 is 1.59. The lowest BCUT2D eigenvalue weighted by Gasteiger charge is -2.28. The Morgan fingerprint density at radius 1 is 0.919 bits per heavy atom. The van der Waals surface area contributed by atoms with Crippen LogP contribution in [0.15, 0.2) is 66.0 Å². The Bertz CT molecular complexity index is 1140. The maximum Gasteiger partial charge on any atom is 0.249 e. The summed E-state index contributed by atoms with van der Waals surface area (Å²) in [6.45, 7) is 2.15. The van der Waals surface area contributed by atoms with Gasteiger partial charge in [-0.2, -0.15) is 0 Å². The molecule has 0 unspecified atom stereocenters. The average Bonchev–Trinajstić information content (AvgIpc) is 3.60. The fourth-order valence-electron chi connectivity index (χ4n) is 3.96. The molecule has 0 saturated carbocycles. The lowest BCUT2D eigenvalue weighted by atomic mass is 10.2. The number of benzene rings is 2. The summed E-state index contributed by atoms with van der Waals surface area (Å²) in [5.41, 5.74) is 1.92. The van der Waals surface area contributed by atoms with E-state index in [0.717, 1.165) is 16.0 Å². The van der Waals surface area contributed by atoms with Crippen molar-refractivity contribution in [3.05, 3.63) is 82.0 Å². The van der Waals surface area contributed by atoms with Crippen molar-refractivity contribution in [2.45, 2.75) is 26.1 Å². The third kappa shape index (κ3) is 8.04. The highest BCUT2D eigenvalue weighted by molar-refractivity contribution is 7.09. The number of ether oxygens (including phenoxy) is 4. The molecule has 0 atom stereocenters. The van der Waals surface area contributed by atoms with Gasteiger partial charge < -0.3 is 28.7 Å². The molecule has 0 N–H and O–H groups in total. The smallest absolute Gasteiger partial charge is 0.249 e. The van der Waals surface area contributed by atoms with Gasteiger partial charge in [-0.3, -0.25) is 9.59 Å². The normalized spacial score (nSPS) is 11.9. The van der Waals surface area contributed by atoms with Crippen LogP contribution in [0.5, 0.6) is 11.5 Å². The molecule has 3 aromatic rings. The van der Waals surface area contributed by atoms with E-state index < -0.39 is 0 Å². The Balaban J connectivity index is 1.42. The molecule has 8 nitrogen and oxygen atoms in total. The Kier molecular flexibility index (Phi) is 9.93. The van der Waals surface area contributed by atoms with Gasteiger partial charge in [0.1, 0.15) is 6.61 Å². The van der Waals surface area contributed by atoms with Crippen LogP contribution in [0.1, 0.15) is 22.4 Å². The number of methoxy groups -OCH3 is 1. The van der Waals surface area contributed by atoms with Gasteiger partial charge in [-0.25, -0.2) is 0 Å². The number of thiophene rings is 1. The van der Waals surface area contributed by atoms with Crippen LogP contribution in [-0.4, -0.2) is 61.8 Å². The molecule has 2 heterocycles. The predicted molar refractivity (Wildman–Crippen MR) is 140 cm³/mol. The molecule has 2 amide bonds. The van der Waals surface area contributed by atoms with E-state index in [1.54, 1.807) is 28.2 Å². The zero-order valence-corrected chi connectivity index (χ0v) is 21.8. The quantitative estimate of drug-likeness (QED) is 0.296. The predicted octanol–water partition coefficient (Wildman–Crippen LogP) is 4.09. The fourth-order valence-corrected chi connectivity index (χ4v) is 4.68. The highest BCUT2D eigenvalue weighted by atomic mass is 32.1. The van der Waals surface area contributed by atoms with Crippen LogP contribution in [0, 0.1) is 0 Å². The molecule has 37 heavy (non-hydrogen) atoms. The SMILES string of the molecule is COCCCN(CC(=O)N(Cc1ccc2c(c1)OCO2)Cc1cccs1)C(=O)COCc1ccccc1. The molecule has 9 heteroatoms. The van der Waals surface area contributed by atoms with Gasteiger partial charge in [0, 0.05) is 31.7 Å². The molecule has 0 saturated heterocycles. The van der Waals surface area contributed by atoms with E-state index in [1.807, 2.05) is 66.0 Å². The number of fused-ring (bicyclic) bond motifs is 1. The summed E-state index contributed by atoms with van der Waals surface area (Å²) in [4.78, 5) is 31.0. The minimum absolute atomic E-state index is 0.0346. The van der Waals surface area contributed by atoms with E-state index >= 15 is 0 Å². The Morgan fingerprint density at radius 3 is 2.54 bits per heavy atom. The number of hydrogen-bond acceptors (Lipinski definition) is 7. The van der Waals surface area contributed by atoms with E-state index in [9.17, 15) is 9.59 Å². The van der Waals surface area contributed by atoms with Gasteiger partial charge in [0.15, 0.2) is 11.5 Å². The minimum atomic E-state index is -0.223.